The molecule has 2 aliphatic heterocycles. The molecule has 2 saturated carbocycles. The van der Waals surface area contributed by atoms with Crippen LogP contribution in [0.4, 0.5) is 17.5 Å². The van der Waals surface area contributed by atoms with Gasteiger partial charge in [-0.2, -0.15) is 0 Å². The summed E-state index contributed by atoms with van der Waals surface area (Å²) in [6, 6.07) is 4.56. The lowest BCUT2D eigenvalue weighted by Crippen LogP contribution is -2.37. The Morgan fingerprint density at radius 1 is 0.844 bits per heavy atom. The fourth-order valence-corrected chi connectivity index (χ4v) is 5.03. The van der Waals surface area contributed by atoms with E-state index in [0.29, 0.717) is 11.8 Å². The number of pyridine rings is 1. The molecule has 0 atom stereocenters. The molecule has 7 heteroatoms. The van der Waals surface area contributed by atoms with E-state index in [1.807, 2.05) is 12.4 Å². The summed E-state index contributed by atoms with van der Waals surface area (Å²) in [4.78, 5) is 19.2. The highest BCUT2D eigenvalue weighted by Crippen LogP contribution is 2.39. The van der Waals surface area contributed by atoms with Crippen LogP contribution < -0.4 is 10.2 Å². The maximum atomic E-state index is 5.57. The molecule has 2 aliphatic carbocycles. The molecule has 6 rings (SSSR count). The van der Waals surface area contributed by atoms with Crippen LogP contribution in [0.2, 0.25) is 0 Å². The smallest absolute Gasteiger partial charge is 0.150 e. The molecule has 2 aromatic rings. The first-order valence-corrected chi connectivity index (χ1v) is 12.5. The Morgan fingerprint density at radius 2 is 1.66 bits per heavy atom. The van der Waals surface area contributed by atoms with Crippen molar-refractivity contribution in [2.75, 3.05) is 56.2 Å². The maximum absolute atomic E-state index is 5.57. The predicted molar refractivity (Wildman–Crippen MR) is 126 cm³/mol. The van der Waals surface area contributed by atoms with E-state index in [2.05, 4.69) is 37.2 Å². The fraction of sp³-hybridized carbons (Fsp3) is 0.640. The number of likely N-dealkylation sites (tertiary alicyclic amines) is 1. The molecule has 0 bridgehead atoms. The largest absolute Gasteiger partial charge is 0.378 e. The van der Waals surface area contributed by atoms with E-state index in [0.717, 1.165) is 55.4 Å². The van der Waals surface area contributed by atoms with Crippen LogP contribution in [-0.4, -0.2) is 65.8 Å². The summed E-state index contributed by atoms with van der Waals surface area (Å²) in [5.41, 5.74) is 2.52. The van der Waals surface area contributed by atoms with Gasteiger partial charge in [0, 0.05) is 25.6 Å². The molecule has 4 heterocycles. The zero-order chi connectivity index (χ0) is 21.3. The van der Waals surface area contributed by atoms with E-state index in [-0.39, 0.29) is 0 Å². The zero-order valence-corrected chi connectivity index (χ0v) is 18.9. The normalized spacial score (nSPS) is 22.8. The molecule has 170 valence electrons. The molecule has 2 aromatic heterocycles. The van der Waals surface area contributed by atoms with E-state index in [4.69, 9.17) is 9.72 Å². The Bertz CT molecular complexity index is 913. The Kier molecular flexibility index (Phi) is 5.69. The van der Waals surface area contributed by atoms with Crippen LogP contribution in [0.25, 0.3) is 0 Å². The minimum absolute atomic E-state index is 0.595. The van der Waals surface area contributed by atoms with Crippen molar-refractivity contribution >= 4 is 17.5 Å². The average molecular weight is 435 g/mol. The lowest BCUT2D eigenvalue weighted by molar-refractivity contribution is 0.122. The summed E-state index contributed by atoms with van der Waals surface area (Å²) in [6.07, 6.45) is 11.6. The zero-order valence-electron chi connectivity index (χ0n) is 18.9. The van der Waals surface area contributed by atoms with Crippen LogP contribution in [0, 0.1) is 5.92 Å². The molecule has 0 spiro atoms. The van der Waals surface area contributed by atoms with Crippen molar-refractivity contribution in [2.45, 2.75) is 50.4 Å². The molecule has 0 radical (unpaired) electrons. The number of piperidine rings is 1. The van der Waals surface area contributed by atoms with Gasteiger partial charge < -0.3 is 19.9 Å². The second-order valence-corrected chi connectivity index (χ2v) is 9.99. The number of morpholine rings is 1. The van der Waals surface area contributed by atoms with Gasteiger partial charge >= 0.3 is 0 Å². The van der Waals surface area contributed by atoms with Crippen LogP contribution in [-0.2, 0) is 4.74 Å². The Hall–Kier alpha value is -2.25. The molecule has 4 aliphatic rings. The van der Waals surface area contributed by atoms with E-state index in [9.17, 15) is 0 Å². The molecule has 32 heavy (non-hydrogen) atoms. The molecular weight excluding hydrogens is 400 g/mol. The number of ether oxygens (including phenoxy) is 1. The van der Waals surface area contributed by atoms with E-state index >= 15 is 0 Å². The number of aromatic nitrogens is 3. The number of anilines is 3. The summed E-state index contributed by atoms with van der Waals surface area (Å²) >= 11 is 0. The van der Waals surface area contributed by atoms with Crippen molar-refractivity contribution in [3.63, 3.8) is 0 Å². The Morgan fingerprint density at radius 3 is 2.34 bits per heavy atom. The summed E-state index contributed by atoms with van der Waals surface area (Å²) in [7, 11) is 0. The minimum Gasteiger partial charge on any atom is -0.378 e. The predicted octanol–water partition coefficient (Wildman–Crippen LogP) is 3.92. The quantitative estimate of drug-likeness (QED) is 0.708. The Labute approximate surface area is 190 Å². The van der Waals surface area contributed by atoms with Crippen LogP contribution >= 0.6 is 0 Å². The van der Waals surface area contributed by atoms with E-state index in [1.165, 1.54) is 63.7 Å². The molecule has 0 amide bonds. The summed E-state index contributed by atoms with van der Waals surface area (Å²) < 4.78 is 5.57. The highest BCUT2D eigenvalue weighted by atomic mass is 16.5. The highest BCUT2D eigenvalue weighted by molar-refractivity contribution is 5.57. The molecular formula is C25H34N6O. The standard InChI is InChI=1S/C25H34N6O/c1-2-18(1)17-30-7-5-19(6-8-30)21-13-23(29-25(14-21)31-9-11-32-12-10-31)28-24-16-26-22(15-27-24)20-3-4-20/h13-16,18-20H,1-12,17H2,(H,27,28,29). The third-order valence-electron chi connectivity index (χ3n) is 7.37. The van der Waals surface area contributed by atoms with Crippen molar-refractivity contribution < 1.29 is 4.74 Å². The van der Waals surface area contributed by atoms with Crippen LogP contribution in [0.1, 0.15) is 61.6 Å². The van der Waals surface area contributed by atoms with Crippen molar-refractivity contribution in [1.82, 2.24) is 19.9 Å². The van der Waals surface area contributed by atoms with Crippen molar-refractivity contribution in [2.24, 2.45) is 5.92 Å². The first-order chi connectivity index (χ1) is 15.8. The number of nitrogens with one attached hydrogen (secondary N) is 1. The monoisotopic (exact) mass is 434 g/mol. The highest BCUT2D eigenvalue weighted by Gasteiger charge is 2.28. The van der Waals surface area contributed by atoms with E-state index in [1.54, 1.807) is 0 Å². The summed E-state index contributed by atoms with van der Waals surface area (Å²) in [6.45, 7) is 7.06. The first-order valence-electron chi connectivity index (χ1n) is 12.5. The lowest BCUT2D eigenvalue weighted by Gasteiger charge is -2.33. The van der Waals surface area contributed by atoms with Crippen molar-refractivity contribution in [3.05, 3.63) is 35.8 Å². The van der Waals surface area contributed by atoms with Gasteiger partial charge in [-0.25, -0.2) is 9.97 Å². The first kappa shape index (κ1) is 20.4. The SMILES string of the molecule is c1nc(C2CC2)cnc1Nc1cc(C2CCN(CC3CC3)CC2)cc(N2CCOCC2)n1. The Balaban J connectivity index is 1.21. The second kappa shape index (κ2) is 8.94. The fourth-order valence-electron chi connectivity index (χ4n) is 5.03. The number of hydrogen-bond donors (Lipinski definition) is 1. The van der Waals surface area contributed by atoms with Gasteiger partial charge in [0.1, 0.15) is 17.5 Å². The molecule has 1 N–H and O–H groups in total. The van der Waals surface area contributed by atoms with Crippen LogP contribution in [0.5, 0.6) is 0 Å². The van der Waals surface area contributed by atoms with Gasteiger partial charge in [-0.05, 0) is 81.1 Å². The van der Waals surface area contributed by atoms with Crippen LogP contribution in [0.3, 0.4) is 0 Å². The summed E-state index contributed by atoms with van der Waals surface area (Å²) in [5, 5.41) is 3.44. The molecule has 2 saturated heterocycles. The van der Waals surface area contributed by atoms with Gasteiger partial charge in [-0.1, -0.05) is 0 Å². The third-order valence-corrected chi connectivity index (χ3v) is 7.37. The number of hydrogen-bond acceptors (Lipinski definition) is 7. The second-order valence-electron chi connectivity index (χ2n) is 9.99. The molecule has 0 aromatic carbocycles. The van der Waals surface area contributed by atoms with Crippen molar-refractivity contribution in [3.8, 4) is 0 Å². The van der Waals surface area contributed by atoms with Gasteiger partial charge in [0.2, 0.25) is 0 Å². The number of nitrogens with zero attached hydrogens (tertiary/aromatic N) is 5. The van der Waals surface area contributed by atoms with Gasteiger partial charge in [0.05, 0.1) is 31.3 Å². The third kappa shape index (κ3) is 4.89. The number of rotatable bonds is 7. The van der Waals surface area contributed by atoms with Gasteiger partial charge in [-0.15, -0.1) is 0 Å². The molecule has 4 fully saturated rings. The summed E-state index contributed by atoms with van der Waals surface area (Å²) in [5.74, 6) is 4.89. The minimum atomic E-state index is 0.595. The van der Waals surface area contributed by atoms with Gasteiger partial charge in [-0.3, -0.25) is 4.98 Å². The van der Waals surface area contributed by atoms with Gasteiger partial charge in [0.15, 0.2) is 0 Å². The van der Waals surface area contributed by atoms with Crippen LogP contribution in [0.15, 0.2) is 24.5 Å². The topological polar surface area (TPSA) is 66.4 Å². The average Bonchev–Trinajstić information content (AvgIpc) is 3.76. The van der Waals surface area contributed by atoms with Gasteiger partial charge in [0.25, 0.3) is 0 Å². The molecule has 0 unspecified atom stereocenters. The molecule has 7 nitrogen and oxygen atoms in total. The lowest BCUT2D eigenvalue weighted by atomic mass is 9.89. The van der Waals surface area contributed by atoms with Crippen molar-refractivity contribution in [1.29, 1.82) is 0 Å². The van der Waals surface area contributed by atoms with E-state index < -0.39 is 0 Å². The maximum Gasteiger partial charge on any atom is 0.150 e.